The molecule has 1 aliphatic heterocycles. The summed E-state index contributed by atoms with van der Waals surface area (Å²) in [5.74, 6) is -0.711. The molecule has 2 aromatic carbocycles. The Labute approximate surface area is 208 Å². The average Bonchev–Trinajstić information content (AvgIpc) is 3.13. The van der Waals surface area contributed by atoms with Crippen LogP contribution in [0.4, 0.5) is 5.69 Å². The second-order valence-corrected chi connectivity index (χ2v) is 8.83. The number of thiazole rings is 1. The number of non-ortho nitro benzene ring substituents is 1. The van der Waals surface area contributed by atoms with Gasteiger partial charge in [0, 0.05) is 19.1 Å². The van der Waals surface area contributed by atoms with Crippen LogP contribution in [0.1, 0.15) is 37.9 Å². The molecule has 0 bridgehead atoms. The van der Waals surface area contributed by atoms with Crippen LogP contribution in [-0.2, 0) is 14.3 Å². The van der Waals surface area contributed by atoms with Crippen molar-refractivity contribution in [2.75, 3.05) is 6.61 Å². The topological polar surface area (TPSA) is 130 Å². The number of nitrogens with zero attached hydrogens (tertiary/aromatic N) is 3. The number of ether oxygens (including phenoxy) is 2. The van der Waals surface area contributed by atoms with Crippen molar-refractivity contribution in [3.63, 3.8) is 0 Å². The Hall–Kier alpha value is -4.38. The molecule has 11 heteroatoms. The fourth-order valence-corrected chi connectivity index (χ4v) is 4.91. The molecule has 3 aromatic rings. The maximum Gasteiger partial charge on any atom is 0.338 e. The van der Waals surface area contributed by atoms with Crippen LogP contribution >= 0.6 is 11.3 Å². The van der Waals surface area contributed by atoms with Gasteiger partial charge in [0.15, 0.2) is 4.80 Å². The second-order valence-electron chi connectivity index (χ2n) is 7.82. The Kier molecular flexibility index (Phi) is 6.93. The van der Waals surface area contributed by atoms with Gasteiger partial charge >= 0.3 is 11.9 Å². The quantitative estimate of drug-likeness (QED) is 0.217. The van der Waals surface area contributed by atoms with Crippen LogP contribution < -0.4 is 19.6 Å². The maximum atomic E-state index is 13.6. The van der Waals surface area contributed by atoms with Crippen LogP contribution in [0.25, 0.3) is 6.08 Å². The van der Waals surface area contributed by atoms with Crippen LogP contribution in [0.15, 0.2) is 69.6 Å². The molecular weight excluding hydrogens is 486 g/mol. The minimum absolute atomic E-state index is 0.116. The van der Waals surface area contributed by atoms with Crippen molar-refractivity contribution in [1.29, 1.82) is 0 Å². The number of esters is 2. The molecular formula is C25H21N3O7S. The average molecular weight is 508 g/mol. The number of fused-ring (bicyclic) bond motifs is 1. The monoisotopic (exact) mass is 507 g/mol. The summed E-state index contributed by atoms with van der Waals surface area (Å²) in [6.07, 6.45) is 1.66. The fourth-order valence-electron chi connectivity index (χ4n) is 3.86. The van der Waals surface area contributed by atoms with Crippen molar-refractivity contribution in [3.8, 4) is 5.75 Å². The first-order valence-electron chi connectivity index (χ1n) is 10.9. The van der Waals surface area contributed by atoms with Gasteiger partial charge in [0.2, 0.25) is 0 Å². The highest BCUT2D eigenvalue weighted by atomic mass is 32.1. The molecule has 1 aromatic heterocycles. The van der Waals surface area contributed by atoms with E-state index < -0.39 is 28.5 Å². The number of allylic oxidation sites excluding steroid dienone is 1. The van der Waals surface area contributed by atoms with Gasteiger partial charge in [-0.1, -0.05) is 35.6 Å². The van der Waals surface area contributed by atoms with Crippen LogP contribution in [-0.4, -0.2) is 28.0 Å². The molecule has 1 unspecified atom stereocenters. The van der Waals surface area contributed by atoms with Gasteiger partial charge in [-0.05, 0) is 43.2 Å². The standard InChI is InChI=1S/C25H21N3O7S/c1-4-34-24(31)21-14(2)26-25-27(22(21)17-6-5-7-18(13-17)28(32)33)23(30)20(36-25)12-16-8-10-19(11-9-16)35-15(3)29/h5-13,22H,4H2,1-3H3. The predicted octanol–water partition coefficient (Wildman–Crippen LogP) is 2.63. The normalized spacial score (nSPS) is 15.2. The van der Waals surface area contributed by atoms with Crippen molar-refractivity contribution in [2.45, 2.75) is 26.8 Å². The molecule has 0 amide bonds. The number of carbonyl (C=O) groups excluding carboxylic acids is 2. The van der Waals surface area contributed by atoms with Crippen LogP contribution in [0.3, 0.4) is 0 Å². The zero-order chi connectivity index (χ0) is 26.0. The number of rotatable bonds is 6. The Balaban J connectivity index is 1.89. The highest BCUT2D eigenvalue weighted by Crippen LogP contribution is 2.32. The minimum atomic E-state index is -0.950. The van der Waals surface area contributed by atoms with E-state index in [4.69, 9.17) is 9.47 Å². The number of hydrogen-bond donors (Lipinski definition) is 0. The van der Waals surface area contributed by atoms with Gasteiger partial charge in [-0.25, -0.2) is 9.79 Å². The molecule has 0 saturated carbocycles. The van der Waals surface area contributed by atoms with Crippen molar-refractivity contribution < 1.29 is 24.0 Å². The number of carbonyl (C=O) groups is 2. The largest absolute Gasteiger partial charge is 0.463 e. The van der Waals surface area contributed by atoms with E-state index in [1.807, 2.05) is 0 Å². The van der Waals surface area contributed by atoms with E-state index in [1.165, 1.54) is 29.7 Å². The molecule has 36 heavy (non-hydrogen) atoms. The van der Waals surface area contributed by atoms with Crippen LogP contribution in [0.5, 0.6) is 5.75 Å². The van der Waals surface area contributed by atoms with Crippen molar-refractivity contribution in [1.82, 2.24) is 4.57 Å². The van der Waals surface area contributed by atoms with Crippen LogP contribution in [0, 0.1) is 10.1 Å². The summed E-state index contributed by atoms with van der Waals surface area (Å²) in [5.41, 5.74) is 1.00. The van der Waals surface area contributed by atoms with Gasteiger partial charge in [-0.15, -0.1) is 0 Å². The highest BCUT2D eigenvalue weighted by Gasteiger charge is 2.34. The van der Waals surface area contributed by atoms with E-state index in [2.05, 4.69) is 4.99 Å². The van der Waals surface area contributed by atoms with E-state index in [-0.39, 0.29) is 17.9 Å². The minimum Gasteiger partial charge on any atom is -0.463 e. The summed E-state index contributed by atoms with van der Waals surface area (Å²) in [4.78, 5) is 53.3. The molecule has 184 valence electrons. The molecule has 1 atom stereocenters. The summed E-state index contributed by atoms with van der Waals surface area (Å²) in [5, 5.41) is 11.4. The van der Waals surface area contributed by atoms with E-state index in [0.717, 1.165) is 11.3 Å². The third-order valence-corrected chi connectivity index (χ3v) is 6.34. The summed E-state index contributed by atoms with van der Waals surface area (Å²) < 4.78 is 12.0. The number of nitro groups is 1. The molecule has 0 N–H and O–H groups in total. The summed E-state index contributed by atoms with van der Waals surface area (Å²) >= 11 is 1.13. The molecule has 2 heterocycles. The molecule has 0 aliphatic carbocycles. The van der Waals surface area contributed by atoms with E-state index >= 15 is 0 Å². The highest BCUT2D eigenvalue weighted by molar-refractivity contribution is 7.07. The zero-order valence-corrected chi connectivity index (χ0v) is 20.4. The van der Waals surface area contributed by atoms with Crippen molar-refractivity contribution >= 4 is 35.0 Å². The smallest absolute Gasteiger partial charge is 0.338 e. The van der Waals surface area contributed by atoms with Crippen molar-refractivity contribution in [3.05, 3.63) is 101 Å². The van der Waals surface area contributed by atoms with Gasteiger partial charge in [0.25, 0.3) is 11.2 Å². The lowest BCUT2D eigenvalue weighted by Gasteiger charge is -2.24. The summed E-state index contributed by atoms with van der Waals surface area (Å²) in [7, 11) is 0. The van der Waals surface area contributed by atoms with Crippen molar-refractivity contribution in [2.24, 2.45) is 4.99 Å². The second kappa shape index (κ2) is 10.1. The van der Waals surface area contributed by atoms with Gasteiger partial charge in [0.05, 0.1) is 33.4 Å². The molecule has 4 rings (SSSR count). The SMILES string of the molecule is CCOC(=O)C1=C(C)N=c2sc(=Cc3ccc(OC(C)=O)cc3)c(=O)n2C1c1cccc([N+](=O)[O-])c1. The van der Waals surface area contributed by atoms with E-state index in [0.29, 0.717) is 31.9 Å². The van der Waals surface area contributed by atoms with Gasteiger partial charge in [-0.2, -0.15) is 0 Å². The van der Waals surface area contributed by atoms with Gasteiger partial charge in [0.1, 0.15) is 5.75 Å². The molecule has 1 aliphatic rings. The fraction of sp³-hybridized carbons (Fsp3) is 0.200. The number of hydrogen-bond acceptors (Lipinski definition) is 9. The third kappa shape index (κ3) is 4.86. The lowest BCUT2D eigenvalue weighted by Crippen LogP contribution is -2.39. The first-order chi connectivity index (χ1) is 17.2. The Morgan fingerprint density at radius 3 is 2.58 bits per heavy atom. The lowest BCUT2D eigenvalue weighted by atomic mass is 9.95. The number of aromatic nitrogens is 1. The Morgan fingerprint density at radius 1 is 1.22 bits per heavy atom. The summed E-state index contributed by atoms with van der Waals surface area (Å²) in [6.45, 7) is 4.73. The molecule has 0 fully saturated rings. The molecule has 10 nitrogen and oxygen atoms in total. The zero-order valence-electron chi connectivity index (χ0n) is 19.6. The first-order valence-corrected chi connectivity index (χ1v) is 11.7. The van der Waals surface area contributed by atoms with E-state index in [1.54, 1.807) is 50.3 Å². The van der Waals surface area contributed by atoms with Gasteiger partial charge in [-0.3, -0.25) is 24.3 Å². The van der Waals surface area contributed by atoms with Crippen LogP contribution in [0.2, 0.25) is 0 Å². The summed E-state index contributed by atoms with van der Waals surface area (Å²) in [6, 6.07) is 11.5. The Bertz CT molecular complexity index is 1580. The molecule has 0 saturated heterocycles. The lowest BCUT2D eigenvalue weighted by molar-refractivity contribution is -0.384. The van der Waals surface area contributed by atoms with Gasteiger partial charge < -0.3 is 9.47 Å². The Morgan fingerprint density at radius 2 is 1.94 bits per heavy atom. The molecule has 0 radical (unpaired) electrons. The number of nitro benzene ring substituents is 1. The molecule has 0 spiro atoms. The van der Waals surface area contributed by atoms with E-state index in [9.17, 15) is 24.5 Å². The maximum absolute atomic E-state index is 13.6. The number of benzene rings is 2. The first kappa shape index (κ1) is 24.7. The third-order valence-electron chi connectivity index (χ3n) is 5.35. The predicted molar refractivity (Wildman–Crippen MR) is 131 cm³/mol.